The summed E-state index contributed by atoms with van der Waals surface area (Å²) in [5, 5.41) is 0. The van der Waals surface area contributed by atoms with E-state index in [4.69, 9.17) is 0 Å². The molecule has 1 aliphatic heterocycles. The smallest absolute Gasteiger partial charge is 0.238 e. The second-order valence-corrected chi connectivity index (χ2v) is 3.36. The minimum Gasteiger partial charge on any atom is -0.274 e. The van der Waals surface area contributed by atoms with E-state index in [0.29, 0.717) is 5.82 Å². The summed E-state index contributed by atoms with van der Waals surface area (Å²) in [5.74, 6) is -0.119. The summed E-state index contributed by atoms with van der Waals surface area (Å²) in [6.45, 7) is 1.75. The fourth-order valence-electron chi connectivity index (χ4n) is 1.51. The van der Waals surface area contributed by atoms with E-state index in [-0.39, 0.29) is 24.2 Å². The Morgan fingerprint density at radius 2 is 2.21 bits per heavy atom. The predicted molar refractivity (Wildman–Crippen MR) is 50.5 cm³/mol. The van der Waals surface area contributed by atoms with Gasteiger partial charge >= 0.3 is 0 Å². The lowest BCUT2D eigenvalue weighted by molar-refractivity contribution is -0.122. The van der Waals surface area contributed by atoms with Gasteiger partial charge in [0.15, 0.2) is 0 Å². The SMILES string of the molecule is CC1CC(=O)N(c2ccccn2)C1=O. The van der Waals surface area contributed by atoms with Gasteiger partial charge in [-0.1, -0.05) is 13.0 Å². The molecule has 0 N–H and O–H groups in total. The lowest BCUT2D eigenvalue weighted by atomic mass is 10.1. The Morgan fingerprint density at radius 1 is 1.43 bits per heavy atom. The summed E-state index contributed by atoms with van der Waals surface area (Å²) >= 11 is 0. The highest BCUT2D eigenvalue weighted by Crippen LogP contribution is 2.23. The molecule has 0 spiro atoms. The summed E-state index contributed by atoms with van der Waals surface area (Å²) < 4.78 is 0. The summed E-state index contributed by atoms with van der Waals surface area (Å²) in [4.78, 5) is 28.2. The van der Waals surface area contributed by atoms with E-state index in [9.17, 15) is 9.59 Å². The highest BCUT2D eigenvalue weighted by atomic mass is 16.2. The van der Waals surface area contributed by atoms with E-state index in [2.05, 4.69) is 4.98 Å². The minimum absolute atomic E-state index is 0.159. The third-order valence-electron chi connectivity index (χ3n) is 2.25. The topological polar surface area (TPSA) is 50.3 Å². The Balaban J connectivity index is 2.36. The van der Waals surface area contributed by atoms with Crippen LogP contribution < -0.4 is 4.90 Å². The van der Waals surface area contributed by atoms with Crippen LogP contribution in [0.25, 0.3) is 0 Å². The molecular formula is C10H10N2O2. The predicted octanol–water partition coefficient (Wildman–Crippen LogP) is 0.981. The Labute approximate surface area is 81.6 Å². The number of carbonyl (C=O) groups excluding carboxylic acids is 2. The van der Waals surface area contributed by atoms with Crippen molar-refractivity contribution in [3.63, 3.8) is 0 Å². The lowest BCUT2D eigenvalue weighted by Gasteiger charge is -2.12. The number of nitrogens with zero attached hydrogens (tertiary/aromatic N) is 2. The standard InChI is InChI=1S/C10H10N2O2/c1-7-6-9(13)12(10(7)14)8-4-2-3-5-11-8/h2-5,7H,6H2,1H3. The van der Waals surface area contributed by atoms with Crippen molar-refractivity contribution >= 4 is 17.6 Å². The maximum Gasteiger partial charge on any atom is 0.238 e. The molecule has 2 rings (SSSR count). The van der Waals surface area contributed by atoms with Gasteiger partial charge in [0.25, 0.3) is 0 Å². The van der Waals surface area contributed by atoms with Crippen molar-refractivity contribution in [1.29, 1.82) is 0 Å². The maximum atomic E-state index is 11.6. The van der Waals surface area contributed by atoms with Crippen LogP contribution in [0, 0.1) is 5.92 Å². The molecule has 0 aromatic carbocycles. The molecule has 72 valence electrons. The van der Waals surface area contributed by atoms with Crippen LogP contribution in [0.15, 0.2) is 24.4 Å². The number of imide groups is 1. The number of pyridine rings is 1. The monoisotopic (exact) mass is 190 g/mol. The van der Waals surface area contributed by atoms with Gasteiger partial charge in [-0.15, -0.1) is 0 Å². The van der Waals surface area contributed by atoms with Crippen molar-refractivity contribution in [3.8, 4) is 0 Å². The molecule has 0 aliphatic carbocycles. The van der Waals surface area contributed by atoms with Gasteiger partial charge in [0, 0.05) is 18.5 Å². The van der Waals surface area contributed by atoms with Crippen LogP contribution in [0.5, 0.6) is 0 Å². The second-order valence-electron chi connectivity index (χ2n) is 3.36. The van der Waals surface area contributed by atoms with E-state index >= 15 is 0 Å². The van der Waals surface area contributed by atoms with Crippen LogP contribution in [-0.4, -0.2) is 16.8 Å². The summed E-state index contributed by atoms with van der Waals surface area (Å²) in [7, 11) is 0. The molecule has 14 heavy (non-hydrogen) atoms. The number of anilines is 1. The molecule has 1 aromatic heterocycles. The number of amides is 2. The first kappa shape index (κ1) is 8.87. The molecule has 4 heteroatoms. The Kier molecular flexibility index (Phi) is 2.04. The molecule has 0 saturated carbocycles. The molecule has 0 bridgehead atoms. The molecule has 1 atom stereocenters. The lowest BCUT2D eigenvalue weighted by Crippen LogP contribution is -2.30. The fourth-order valence-corrected chi connectivity index (χ4v) is 1.51. The first-order valence-electron chi connectivity index (χ1n) is 4.48. The first-order valence-corrected chi connectivity index (χ1v) is 4.48. The highest BCUT2D eigenvalue weighted by Gasteiger charge is 2.37. The van der Waals surface area contributed by atoms with Gasteiger partial charge in [-0.2, -0.15) is 0 Å². The average molecular weight is 190 g/mol. The Hall–Kier alpha value is -1.71. The average Bonchev–Trinajstić information content (AvgIpc) is 2.43. The van der Waals surface area contributed by atoms with Gasteiger partial charge in [0.2, 0.25) is 11.8 Å². The normalized spacial score (nSPS) is 21.8. The number of carbonyl (C=O) groups is 2. The van der Waals surface area contributed by atoms with Gasteiger partial charge < -0.3 is 0 Å². The molecule has 1 aliphatic rings. The van der Waals surface area contributed by atoms with Crippen molar-refractivity contribution in [3.05, 3.63) is 24.4 Å². The number of rotatable bonds is 1. The molecule has 0 radical (unpaired) electrons. The first-order chi connectivity index (χ1) is 6.70. The van der Waals surface area contributed by atoms with Crippen LogP contribution >= 0.6 is 0 Å². The maximum absolute atomic E-state index is 11.6. The highest BCUT2D eigenvalue weighted by molar-refractivity contribution is 6.20. The third kappa shape index (κ3) is 1.28. The van der Waals surface area contributed by atoms with Gasteiger partial charge in [-0.3, -0.25) is 9.59 Å². The zero-order chi connectivity index (χ0) is 10.1. The molecule has 1 saturated heterocycles. The van der Waals surface area contributed by atoms with Gasteiger partial charge in [0.05, 0.1) is 0 Å². The molecule has 1 fully saturated rings. The Morgan fingerprint density at radius 3 is 2.71 bits per heavy atom. The molecule has 2 amide bonds. The molecule has 1 unspecified atom stereocenters. The van der Waals surface area contributed by atoms with Crippen molar-refractivity contribution in [2.75, 3.05) is 4.90 Å². The van der Waals surface area contributed by atoms with Gasteiger partial charge in [-0.25, -0.2) is 9.88 Å². The summed E-state index contributed by atoms with van der Waals surface area (Å²) in [5.41, 5.74) is 0. The van der Waals surface area contributed by atoms with Crippen molar-refractivity contribution < 1.29 is 9.59 Å². The van der Waals surface area contributed by atoms with Crippen LogP contribution in [0.1, 0.15) is 13.3 Å². The minimum atomic E-state index is -0.218. The molecule has 2 heterocycles. The van der Waals surface area contributed by atoms with E-state index in [0.717, 1.165) is 4.90 Å². The van der Waals surface area contributed by atoms with Crippen molar-refractivity contribution in [2.24, 2.45) is 5.92 Å². The van der Waals surface area contributed by atoms with E-state index in [1.54, 1.807) is 31.3 Å². The zero-order valence-electron chi connectivity index (χ0n) is 7.80. The van der Waals surface area contributed by atoms with Crippen LogP contribution in [0.2, 0.25) is 0 Å². The molecular weight excluding hydrogens is 180 g/mol. The third-order valence-corrected chi connectivity index (χ3v) is 2.25. The van der Waals surface area contributed by atoms with E-state index in [1.807, 2.05) is 0 Å². The second kappa shape index (κ2) is 3.21. The van der Waals surface area contributed by atoms with Crippen LogP contribution in [0.4, 0.5) is 5.82 Å². The number of aromatic nitrogens is 1. The largest absolute Gasteiger partial charge is 0.274 e. The summed E-state index contributed by atoms with van der Waals surface area (Å²) in [6.07, 6.45) is 1.86. The van der Waals surface area contributed by atoms with E-state index in [1.165, 1.54) is 0 Å². The van der Waals surface area contributed by atoms with Crippen LogP contribution in [0.3, 0.4) is 0 Å². The van der Waals surface area contributed by atoms with Gasteiger partial charge in [-0.05, 0) is 12.1 Å². The number of hydrogen-bond acceptors (Lipinski definition) is 3. The fraction of sp³-hybridized carbons (Fsp3) is 0.300. The van der Waals surface area contributed by atoms with Gasteiger partial charge in [0.1, 0.15) is 5.82 Å². The molecule has 4 nitrogen and oxygen atoms in total. The van der Waals surface area contributed by atoms with E-state index < -0.39 is 0 Å². The quantitative estimate of drug-likeness (QED) is 0.620. The van der Waals surface area contributed by atoms with Crippen molar-refractivity contribution in [2.45, 2.75) is 13.3 Å². The van der Waals surface area contributed by atoms with Crippen LogP contribution in [-0.2, 0) is 9.59 Å². The Bertz CT molecular complexity index is 375. The summed E-state index contributed by atoms with van der Waals surface area (Å²) in [6, 6.07) is 5.16. The number of hydrogen-bond donors (Lipinski definition) is 0. The molecule has 1 aromatic rings. The van der Waals surface area contributed by atoms with Crippen molar-refractivity contribution in [1.82, 2.24) is 4.98 Å². The zero-order valence-corrected chi connectivity index (χ0v) is 7.80.